The lowest BCUT2D eigenvalue weighted by Crippen LogP contribution is -2.23. The summed E-state index contributed by atoms with van der Waals surface area (Å²) in [5.74, 6) is -0.337. The molecule has 0 bridgehead atoms. The van der Waals surface area contributed by atoms with E-state index >= 15 is 0 Å². The summed E-state index contributed by atoms with van der Waals surface area (Å²) >= 11 is 4.92. The van der Waals surface area contributed by atoms with E-state index in [9.17, 15) is 24.1 Å². The smallest absolute Gasteiger partial charge is 0.411 e. The number of rotatable bonds is 6. The lowest BCUT2D eigenvalue weighted by atomic mass is 10.1. The molecule has 1 heterocycles. The van der Waals surface area contributed by atoms with Crippen molar-refractivity contribution in [3.05, 3.63) is 105 Å². The van der Waals surface area contributed by atoms with Gasteiger partial charge in [-0.15, -0.1) is 0 Å². The molecular weight excluding hydrogens is 487 g/mol. The van der Waals surface area contributed by atoms with Crippen molar-refractivity contribution in [3.8, 4) is 11.1 Å². The third kappa shape index (κ3) is 5.53. The molecule has 1 aliphatic heterocycles. The molecule has 0 aliphatic carbocycles. The Morgan fingerprint density at radius 1 is 1.08 bits per heavy atom. The van der Waals surface area contributed by atoms with Gasteiger partial charge < -0.3 is 15.4 Å². The Labute approximate surface area is 210 Å². The second kappa shape index (κ2) is 10.3. The first-order valence-electron chi connectivity index (χ1n) is 10.6. The Morgan fingerprint density at radius 3 is 2.50 bits per heavy atom. The maximum absolute atomic E-state index is 14.9. The number of benzene rings is 2. The molecule has 0 spiro atoms. The quantitative estimate of drug-likeness (QED) is 0.265. The van der Waals surface area contributed by atoms with Crippen molar-refractivity contribution in [2.75, 3.05) is 16.8 Å². The third-order valence-corrected chi connectivity index (χ3v) is 5.34. The summed E-state index contributed by atoms with van der Waals surface area (Å²) in [6.45, 7) is 1.78. The van der Waals surface area contributed by atoms with Gasteiger partial charge in [-0.05, 0) is 60.5 Å². The summed E-state index contributed by atoms with van der Waals surface area (Å²) in [6.07, 6.45) is 0.823. The number of nitro groups is 1. The van der Waals surface area contributed by atoms with E-state index in [2.05, 4.69) is 10.6 Å². The molecule has 11 heteroatoms. The van der Waals surface area contributed by atoms with Gasteiger partial charge in [-0.25, -0.2) is 9.18 Å². The normalized spacial score (nSPS) is 13.9. The number of nitro benzene ring substituents is 1. The van der Waals surface area contributed by atoms with Crippen molar-refractivity contribution in [1.82, 2.24) is 5.32 Å². The molecule has 182 valence electrons. The second-order valence-corrected chi connectivity index (χ2v) is 8.37. The zero-order valence-electron chi connectivity index (χ0n) is 18.9. The SMILES string of the molecule is CC(=S)N/C=C1/CN(c2ccc(Nc3cccc(-c4ccc([N+](=O)[O-])cc4)cc3=O)c(F)c2)C(=O)O1. The van der Waals surface area contributed by atoms with Gasteiger partial charge in [-0.3, -0.25) is 19.8 Å². The van der Waals surface area contributed by atoms with Crippen LogP contribution in [0.15, 0.2) is 83.5 Å². The molecule has 0 saturated carbocycles. The number of nitrogens with one attached hydrogen (secondary N) is 2. The number of hydrogen-bond donors (Lipinski definition) is 2. The van der Waals surface area contributed by atoms with E-state index < -0.39 is 22.3 Å². The number of carbonyl (C=O) groups is 1. The number of nitrogens with zero attached hydrogens (tertiary/aromatic N) is 2. The predicted octanol–water partition coefficient (Wildman–Crippen LogP) is 5.24. The van der Waals surface area contributed by atoms with Gasteiger partial charge in [0, 0.05) is 18.3 Å². The maximum Gasteiger partial charge on any atom is 0.419 e. The minimum Gasteiger partial charge on any atom is -0.411 e. The van der Waals surface area contributed by atoms with Gasteiger partial charge in [0.25, 0.3) is 5.69 Å². The summed E-state index contributed by atoms with van der Waals surface area (Å²) in [7, 11) is 0. The van der Waals surface area contributed by atoms with Gasteiger partial charge in [-0.2, -0.15) is 0 Å². The number of halogens is 1. The van der Waals surface area contributed by atoms with Crippen LogP contribution in [0, 0.1) is 15.9 Å². The molecule has 1 aliphatic rings. The van der Waals surface area contributed by atoms with Crippen molar-refractivity contribution in [3.63, 3.8) is 0 Å². The lowest BCUT2D eigenvalue weighted by Gasteiger charge is -2.14. The van der Waals surface area contributed by atoms with Crippen LogP contribution < -0.4 is 21.0 Å². The third-order valence-electron chi connectivity index (χ3n) is 5.23. The van der Waals surface area contributed by atoms with Crippen molar-refractivity contribution >= 4 is 46.0 Å². The highest BCUT2D eigenvalue weighted by atomic mass is 32.1. The molecular formula is C25H19FN4O5S. The molecule has 3 aromatic rings. The van der Waals surface area contributed by atoms with Crippen LogP contribution in [0.5, 0.6) is 0 Å². The first kappa shape index (κ1) is 24.5. The molecule has 36 heavy (non-hydrogen) atoms. The number of cyclic esters (lactones) is 1. The van der Waals surface area contributed by atoms with Gasteiger partial charge in [0.1, 0.15) is 11.6 Å². The first-order chi connectivity index (χ1) is 17.2. The van der Waals surface area contributed by atoms with Crippen molar-refractivity contribution in [2.45, 2.75) is 6.92 Å². The van der Waals surface area contributed by atoms with Crippen LogP contribution in [0.2, 0.25) is 0 Å². The van der Waals surface area contributed by atoms with Gasteiger partial charge in [0.05, 0.1) is 33.5 Å². The van der Waals surface area contributed by atoms with Crippen LogP contribution in [0.25, 0.3) is 11.1 Å². The molecule has 1 fully saturated rings. The van der Waals surface area contributed by atoms with E-state index in [0.717, 1.165) is 0 Å². The lowest BCUT2D eigenvalue weighted by molar-refractivity contribution is -0.384. The van der Waals surface area contributed by atoms with Gasteiger partial charge >= 0.3 is 6.09 Å². The Kier molecular flexibility index (Phi) is 7.02. The molecule has 2 N–H and O–H groups in total. The van der Waals surface area contributed by atoms with Crippen LogP contribution in [-0.4, -0.2) is 22.5 Å². The second-order valence-electron chi connectivity index (χ2n) is 7.76. The Bertz CT molecular complexity index is 1460. The van der Waals surface area contributed by atoms with Crippen LogP contribution in [-0.2, 0) is 4.74 Å². The average molecular weight is 507 g/mol. The minimum atomic E-state index is -0.674. The van der Waals surface area contributed by atoms with E-state index in [1.807, 2.05) is 0 Å². The number of non-ortho nitro benzene ring substituents is 1. The average Bonchev–Trinajstić information content (AvgIpc) is 3.12. The van der Waals surface area contributed by atoms with E-state index in [-0.39, 0.29) is 29.3 Å². The standard InChI is InChI=1S/C25H19FN4O5S/c1-15(36)27-13-20-14-29(25(32)35-20)19-9-10-22(21(26)12-19)28-23-4-2-3-17(11-24(23)31)16-5-7-18(8-6-16)30(33)34/h2-13H,14H2,1H3,(H,27,36)(H,28,31)/b20-13-. The highest BCUT2D eigenvalue weighted by molar-refractivity contribution is 7.80. The molecule has 1 amide bonds. The Hall–Kier alpha value is -4.64. The summed E-state index contributed by atoms with van der Waals surface area (Å²) in [5, 5.41) is 16.4. The molecule has 4 rings (SSSR count). The van der Waals surface area contributed by atoms with Crippen molar-refractivity contribution in [1.29, 1.82) is 0 Å². The number of anilines is 3. The van der Waals surface area contributed by atoms with Crippen molar-refractivity contribution in [2.24, 2.45) is 0 Å². The number of thiocarbonyl (C=S) groups is 1. The number of carbonyl (C=O) groups excluding carboxylic acids is 1. The molecule has 0 unspecified atom stereocenters. The fourth-order valence-electron chi connectivity index (χ4n) is 3.45. The molecule has 0 radical (unpaired) electrons. The van der Waals surface area contributed by atoms with Crippen LogP contribution >= 0.6 is 12.2 Å². The van der Waals surface area contributed by atoms with E-state index in [4.69, 9.17) is 17.0 Å². The summed E-state index contributed by atoms with van der Waals surface area (Å²) < 4.78 is 20.0. The number of hydrogen-bond acceptors (Lipinski definition) is 7. The van der Waals surface area contributed by atoms with Crippen molar-refractivity contribution < 1.29 is 18.8 Å². The molecule has 3 aromatic carbocycles. The van der Waals surface area contributed by atoms with E-state index in [0.29, 0.717) is 21.9 Å². The van der Waals surface area contributed by atoms with E-state index in [1.54, 1.807) is 31.2 Å². The van der Waals surface area contributed by atoms with Gasteiger partial charge in [0.15, 0.2) is 0 Å². The zero-order valence-corrected chi connectivity index (χ0v) is 19.7. The van der Waals surface area contributed by atoms with E-state index in [1.165, 1.54) is 53.6 Å². The molecule has 9 nitrogen and oxygen atoms in total. The number of amides is 1. The van der Waals surface area contributed by atoms with Gasteiger partial charge in [0.2, 0.25) is 5.43 Å². The Morgan fingerprint density at radius 2 is 1.83 bits per heavy atom. The van der Waals surface area contributed by atoms with Crippen LogP contribution in [0.1, 0.15) is 6.92 Å². The first-order valence-corrected chi connectivity index (χ1v) is 11.0. The minimum absolute atomic E-state index is 0.0419. The monoisotopic (exact) mass is 506 g/mol. The fourth-order valence-corrected chi connectivity index (χ4v) is 3.51. The topological polar surface area (TPSA) is 114 Å². The molecule has 0 aromatic heterocycles. The highest BCUT2D eigenvalue weighted by Crippen LogP contribution is 2.28. The predicted molar refractivity (Wildman–Crippen MR) is 138 cm³/mol. The molecule has 0 atom stereocenters. The van der Waals surface area contributed by atoms with Crippen LogP contribution in [0.4, 0.5) is 31.9 Å². The fraction of sp³-hybridized carbons (Fsp3) is 0.0800. The zero-order chi connectivity index (χ0) is 25.8. The molecule has 1 saturated heterocycles. The summed E-state index contributed by atoms with van der Waals surface area (Å²) in [6, 6.07) is 16.1. The highest BCUT2D eigenvalue weighted by Gasteiger charge is 2.29. The maximum atomic E-state index is 14.9. The number of ether oxygens (including phenoxy) is 1. The largest absolute Gasteiger partial charge is 0.419 e. The summed E-state index contributed by atoms with van der Waals surface area (Å²) in [5.41, 5.74) is 1.16. The Balaban J connectivity index is 1.53. The van der Waals surface area contributed by atoms with Gasteiger partial charge in [-0.1, -0.05) is 24.4 Å². The van der Waals surface area contributed by atoms with Crippen LogP contribution in [0.3, 0.4) is 0 Å². The summed E-state index contributed by atoms with van der Waals surface area (Å²) in [4.78, 5) is 37.1.